The van der Waals surface area contributed by atoms with Gasteiger partial charge in [0.1, 0.15) is 5.82 Å². The highest BCUT2D eigenvalue weighted by Gasteiger charge is 2.25. The molecule has 32 heavy (non-hydrogen) atoms. The summed E-state index contributed by atoms with van der Waals surface area (Å²) in [5, 5.41) is 12.1. The molecule has 7 nitrogen and oxygen atoms in total. The van der Waals surface area contributed by atoms with Crippen LogP contribution in [0, 0.1) is 5.82 Å². The number of para-hydroxylation sites is 1. The normalized spacial score (nSPS) is 15.9. The predicted molar refractivity (Wildman–Crippen MR) is 123 cm³/mol. The molecule has 0 unspecified atom stereocenters. The minimum absolute atomic E-state index is 0.123. The number of hydrogen-bond acceptors (Lipinski definition) is 6. The molecule has 1 saturated heterocycles. The molecule has 0 bridgehead atoms. The molecule has 1 fully saturated rings. The summed E-state index contributed by atoms with van der Waals surface area (Å²) in [5.41, 5.74) is 1.78. The fourth-order valence-electron chi connectivity index (χ4n) is 3.49. The van der Waals surface area contributed by atoms with E-state index >= 15 is 0 Å². The number of ether oxygens (including phenoxy) is 1. The molecule has 1 N–H and O–H groups in total. The zero-order valence-electron chi connectivity index (χ0n) is 18.1. The number of anilines is 1. The number of halogens is 1. The lowest BCUT2D eigenvalue weighted by molar-refractivity contribution is -0.120. The average molecular weight is 456 g/mol. The van der Waals surface area contributed by atoms with Gasteiger partial charge in [-0.3, -0.25) is 9.36 Å². The van der Waals surface area contributed by atoms with Crippen molar-refractivity contribution in [2.45, 2.75) is 30.3 Å². The number of morpholine rings is 1. The summed E-state index contributed by atoms with van der Waals surface area (Å²) in [5.74, 6) is 0.323. The van der Waals surface area contributed by atoms with E-state index < -0.39 is 5.25 Å². The van der Waals surface area contributed by atoms with E-state index in [9.17, 15) is 9.18 Å². The van der Waals surface area contributed by atoms with Crippen molar-refractivity contribution in [2.75, 3.05) is 31.2 Å². The molecular formula is C23H26FN5O2S. The molecule has 168 valence electrons. The number of nitrogens with one attached hydrogen (secondary N) is 1. The van der Waals surface area contributed by atoms with Gasteiger partial charge in [0.15, 0.2) is 5.16 Å². The Morgan fingerprint density at radius 2 is 1.75 bits per heavy atom. The lowest BCUT2D eigenvalue weighted by Gasteiger charge is -2.28. The summed E-state index contributed by atoms with van der Waals surface area (Å²) in [4.78, 5) is 15.0. The standard InChI is InChI=1S/C23H26FN5O2S/c1-16(18-8-10-19(24)11-9-18)25-21(30)17(2)32-23-27-26-22(28-12-14-31-15-13-28)29(23)20-6-4-3-5-7-20/h3-11,16-17H,12-15H2,1-2H3,(H,25,30)/t16-,17+/m0/s1. The Bertz CT molecular complexity index is 1040. The van der Waals surface area contributed by atoms with Crippen molar-refractivity contribution in [2.24, 2.45) is 0 Å². The van der Waals surface area contributed by atoms with Gasteiger partial charge in [0.2, 0.25) is 11.9 Å². The molecule has 4 rings (SSSR count). The van der Waals surface area contributed by atoms with Gasteiger partial charge in [0, 0.05) is 13.1 Å². The smallest absolute Gasteiger partial charge is 0.233 e. The topological polar surface area (TPSA) is 72.3 Å². The van der Waals surface area contributed by atoms with E-state index in [1.54, 1.807) is 12.1 Å². The molecule has 9 heteroatoms. The van der Waals surface area contributed by atoms with Crippen LogP contribution >= 0.6 is 11.8 Å². The van der Waals surface area contributed by atoms with Crippen LogP contribution < -0.4 is 10.2 Å². The monoisotopic (exact) mass is 455 g/mol. The third-order valence-corrected chi connectivity index (χ3v) is 6.35. The Morgan fingerprint density at radius 1 is 1.06 bits per heavy atom. The quantitative estimate of drug-likeness (QED) is 0.549. The minimum atomic E-state index is -0.401. The Kier molecular flexibility index (Phi) is 7.06. The summed E-state index contributed by atoms with van der Waals surface area (Å²) in [7, 11) is 0. The number of hydrogen-bond donors (Lipinski definition) is 1. The number of rotatable bonds is 7. The van der Waals surface area contributed by atoms with Crippen molar-refractivity contribution in [3.63, 3.8) is 0 Å². The van der Waals surface area contributed by atoms with Gasteiger partial charge in [-0.15, -0.1) is 10.2 Å². The lowest BCUT2D eigenvalue weighted by Crippen LogP contribution is -2.38. The summed E-state index contributed by atoms with van der Waals surface area (Å²) in [6.07, 6.45) is 0. The Hall–Kier alpha value is -2.91. The van der Waals surface area contributed by atoms with Gasteiger partial charge in [-0.1, -0.05) is 42.1 Å². The van der Waals surface area contributed by atoms with E-state index in [4.69, 9.17) is 4.74 Å². The largest absolute Gasteiger partial charge is 0.378 e. The third-order valence-electron chi connectivity index (χ3n) is 5.30. The van der Waals surface area contributed by atoms with Crippen molar-refractivity contribution in [3.05, 3.63) is 66.0 Å². The van der Waals surface area contributed by atoms with E-state index in [0.29, 0.717) is 18.4 Å². The molecule has 3 aromatic rings. The molecule has 1 aromatic heterocycles. The first-order chi connectivity index (χ1) is 15.5. The molecule has 1 aliphatic heterocycles. The van der Waals surface area contributed by atoms with Crippen LogP contribution in [0.4, 0.5) is 10.3 Å². The number of benzene rings is 2. The van der Waals surface area contributed by atoms with E-state index in [-0.39, 0.29) is 17.8 Å². The molecule has 0 radical (unpaired) electrons. The zero-order valence-corrected chi connectivity index (χ0v) is 18.9. The van der Waals surface area contributed by atoms with E-state index in [1.807, 2.05) is 48.7 Å². The maximum Gasteiger partial charge on any atom is 0.233 e. The second-order valence-corrected chi connectivity index (χ2v) is 8.90. The SMILES string of the molecule is C[C@H](NC(=O)[C@@H](C)Sc1nnc(N2CCOCC2)n1-c1ccccc1)c1ccc(F)cc1. The van der Waals surface area contributed by atoms with Crippen LogP contribution in [0.3, 0.4) is 0 Å². The van der Waals surface area contributed by atoms with Crippen LogP contribution in [-0.4, -0.2) is 52.2 Å². The first-order valence-corrected chi connectivity index (χ1v) is 11.5. The zero-order chi connectivity index (χ0) is 22.5. The van der Waals surface area contributed by atoms with Crippen LogP contribution in [-0.2, 0) is 9.53 Å². The Balaban J connectivity index is 1.52. The second kappa shape index (κ2) is 10.1. The maximum atomic E-state index is 13.2. The predicted octanol–water partition coefficient (Wildman–Crippen LogP) is 3.60. The Labute approximate surface area is 191 Å². The lowest BCUT2D eigenvalue weighted by atomic mass is 10.1. The molecule has 2 heterocycles. The molecule has 0 aliphatic carbocycles. The van der Waals surface area contributed by atoms with E-state index in [0.717, 1.165) is 30.3 Å². The molecule has 1 amide bonds. The van der Waals surface area contributed by atoms with Gasteiger partial charge in [0.05, 0.1) is 30.2 Å². The van der Waals surface area contributed by atoms with Crippen LogP contribution in [0.15, 0.2) is 59.8 Å². The van der Waals surface area contributed by atoms with Crippen molar-refractivity contribution in [1.82, 2.24) is 20.1 Å². The molecule has 0 spiro atoms. The van der Waals surface area contributed by atoms with Crippen molar-refractivity contribution in [3.8, 4) is 5.69 Å². The molecule has 0 saturated carbocycles. The summed E-state index contributed by atoms with van der Waals surface area (Å²) >= 11 is 1.36. The molecule has 2 aromatic carbocycles. The number of thioether (sulfide) groups is 1. The van der Waals surface area contributed by atoms with Crippen LogP contribution in [0.5, 0.6) is 0 Å². The average Bonchev–Trinajstić information content (AvgIpc) is 3.24. The van der Waals surface area contributed by atoms with E-state index in [1.165, 1.54) is 23.9 Å². The van der Waals surface area contributed by atoms with Crippen molar-refractivity contribution in [1.29, 1.82) is 0 Å². The van der Waals surface area contributed by atoms with Gasteiger partial charge in [-0.05, 0) is 43.7 Å². The summed E-state index contributed by atoms with van der Waals surface area (Å²) in [6, 6.07) is 15.8. The van der Waals surface area contributed by atoms with Gasteiger partial charge in [-0.2, -0.15) is 0 Å². The van der Waals surface area contributed by atoms with Crippen molar-refractivity contribution < 1.29 is 13.9 Å². The summed E-state index contributed by atoms with van der Waals surface area (Å²) in [6.45, 7) is 6.48. The van der Waals surface area contributed by atoms with Gasteiger partial charge in [0.25, 0.3) is 0 Å². The summed E-state index contributed by atoms with van der Waals surface area (Å²) < 4.78 is 20.6. The number of carbonyl (C=O) groups excluding carboxylic acids is 1. The highest BCUT2D eigenvalue weighted by molar-refractivity contribution is 8.00. The van der Waals surface area contributed by atoms with Crippen molar-refractivity contribution >= 4 is 23.6 Å². The van der Waals surface area contributed by atoms with Crippen LogP contribution in [0.2, 0.25) is 0 Å². The highest BCUT2D eigenvalue weighted by Crippen LogP contribution is 2.30. The fourth-order valence-corrected chi connectivity index (χ4v) is 4.36. The van der Waals surface area contributed by atoms with Crippen LogP contribution in [0.25, 0.3) is 5.69 Å². The first kappa shape index (κ1) is 22.3. The minimum Gasteiger partial charge on any atom is -0.378 e. The van der Waals surface area contributed by atoms with Gasteiger partial charge < -0.3 is 15.0 Å². The third kappa shape index (κ3) is 5.11. The van der Waals surface area contributed by atoms with Crippen LogP contribution in [0.1, 0.15) is 25.5 Å². The number of nitrogens with zero attached hydrogens (tertiary/aromatic N) is 4. The fraction of sp³-hybridized carbons (Fsp3) is 0.348. The second-order valence-electron chi connectivity index (χ2n) is 7.59. The first-order valence-electron chi connectivity index (χ1n) is 10.6. The van der Waals surface area contributed by atoms with Gasteiger partial charge >= 0.3 is 0 Å². The van der Waals surface area contributed by atoms with E-state index in [2.05, 4.69) is 20.4 Å². The maximum absolute atomic E-state index is 13.2. The Morgan fingerprint density at radius 3 is 2.44 bits per heavy atom. The highest BCUT2D eigenvalue weighted by atomic mass is 32.2. The molecule has 1 aliphatic rings. The van der Waals surface area contributed by atoms with Gasteiger partial charge in [-0.25, -0.2) is 4.39 Å². The number of amides is 1. The molecular weight excluding hydrogens is 429 g/mol. The number of aromatic nitrogens is 3. The number of carbonyl (C=O) groups is 1. The molecule has 2 atom stereocenters.